The number of carbonyl (C=O) groups is 1. The van der Waals surface area contributed by atoms with Gasteiger partial charge in [-0.1, -0.05) is 6.07 Å². The van der Waals surface area contributed by atoms with E-state index < -0.39 is 11.5 Å². The predicted molar refractivity (Wildman–Crippen MR) is 60.1 cm³/mol. The number of hydrogen-bond acceptors (Lipinski definition) is 2. The molecule has 0 aliphatic carbocycles. The van der Waals surface area contributed by atoms with Gasteiger partial charge in [0.15, 0.2) is 0 Å². The lowest BCUT2D eigenvalue weighted by Crippen LogP contribution is -2.30. The predicted octanol–water partition coefficient (Wildman–Crippen LogP) is 2.20. The van der Waals surface area contributed by atoms with Gasteiger partial charge in [0, 0.05) is 5.54 Å². The summed E-state index contributed by atoms with van der Waals surface area (Å²) in [5.41, 5.74) is 8.48. The van der Waals surface area contributed by atoms with E-state index in [1.807, 2.05) is 26.8 Å². The van der Waals surface area contributed by atoms with Crippen LogP contribution in [0, 0.1) is 13.8 Å². The first-order valence-electron chi connectivity index (χ1n) is 4.87. The fraction of sp³-hybridized carbons (Fsp3) is 0.417. The monoisotopic (exact) mass is 207 g/mol. The lowest BCUT2D eigenvalue weighted by atomic mass is 9.88. The van der Waals surface area contributed by atoms with Crippen molar-refractivity contribution in [3.8, 4) is 0 Å². The number of aryl methyl sites for hydroxylation is 2. The molecule has 0 fully saturated rings. The highest BCUT2D eigenvalue weighted by Gasteiger charge is 2.19. The largest absolute Gasteiger partial charge is 0.478 e. The van der Waals surface area contributed by atoms with Crippen molar-refractivity contribution < 1.29 is 9.90 Å². The standard InChI is InChI=1S/C12H17NO2/c1-7-5-8(2)10(12(3,4)13)6-9(7)11(14)15/h5-6H,13H2,1-4H3,(H,14,15). The summed E-state index contributed by atoms with van der Waals surface area (Å²) in [5, 5.41) is 9.01. The Morgan fingerprint density at radius 1 is 1.27 bits per heavy atom. The quantitative estimate of drug-likeness (QED) is 0.781. The topological polar surface area (TPSA) is 63.3 Å². The number of aromatic carboxylic acids is 1. The molecule has 0 aliphatic rings. The van der Waals surface area contributed by atoms with E-state index in [-0.39, 0.29) is 0 Å². The molecule has 0 aliphatic heterocycles. The van der Waals surface area contributed by atoms with Crippen LogP contribution in [-0.4, -0.2) is 11.1 Å². The van der Waals surface area contributed by atoms with Gasteiger partial charge in [-0.05, 0) is 50.5 Å². The molecule has 0 radical (unpaired) electrons. The van der Waals surface area contributed by atoms with E-state index in [0.29, 0.717) is 5.56 Å². The first-order valence-corrected chi connectivity index (χ1v) is 4.87. The van der Waals surface area contributed by atoms with Crippen LogP contribution in [0.5, 0.6) is 0 Å². The van der Waals surface area contributed by atoms with Crippen molar-refractivity contribution in [3.05, 3.63) is 34.4 Å². The SMILES string of the molecule is Cc1cc(C)c(C(C)(C)N)cc1C(=O)O. The molecule has 0 saturated carbocycles. The van der Waals surface area contributed by atoms with Gasteiger partial charge in [0.05, 0.1) is 5.56 Å². The van der Waals surface area contributed by atoms with Crippen LogP contribution >= 0.6 is 0 Å². The number of carboxylic acids is 1. The Morgan fingerprint density at radius 3 is 2.20 bits per heavy atom. The third-order valence-corrected chi connectivity index (χ3v) is 2.50. The number of benzene rings is 1. The number of hydrogen-bond donors (Lipinski definition) is 2. The van der Waals surface area contributed by atoms with Gasteiger partial charge < -0.3 is 10.8 Å². The van der Waals surface area contributed by atoms with Gasteiger partial charge in [0.25, 0.3) is 0 Å². The average molecular weight is 207 g/mol. The van der Waals surface area contributed by atoms with Crippen LogP contribution in [0.3, 0.4) is 0 Å². The average Bonchev–Trinajstić information content (AvgIpc) is 2.00. The smallest absolute Gasteiger partial charge is 0.335 e. The van der Waals surface area contributed by atoms with Crippen LogP contribution in [0.25, 0.3) is 0 Å². The molecule has 1 rings (SSSR count). The minimum Gasteiger partial charge on any atom is -0.478 e. The van der Waals surface area contributed by atoms with Crippen LogP contribution in [-0.2, 0) is 5.54 Å². The summed E-state index contributed by atoms with van der Waals surface area (Å²) in [7, 11) is 0. The zero-order valence-electron chi connectivity index (χ0n) is 9.59. The summed E-state index contributed by atoms with van der Waals surface area (Å²) in [5.74, 6) is -0.905. The summed E-state index contributed by atoms with van der Waals surface area (Å²) in [6.45, 7) is 7.49. The molecule has 0 unspecified atom stereocenters. The van der Waals surface area contributed by atoms with Gasteiger partial charge >= 0.3 is 5.97 Å². The highest BCUT2D eigenvalue weighted by atomic mass is 16.4. The van der Waals surface area contributed by atoms with E-state index in [1.165, 1.54) is 0 Å². The summed E-state index contributed by atoms with van der Waals surface area (Å²) in [4.78, 5) is 11.0. The van der Waals surface area contributed by atoms with Crippen molar-refractivity contribution in [2.45, 2.75) is 33.2 Å². The lowest BCUT2D eigenvalue weighted by molar-refractivity contribution is 0.0696. The fourth-order valence-corrected chi connectivity index (χ4v) is 1.78. The van der Waals surface area contributed by atoms with E-state index >= 15 is 0 Å². The molecule has 0 spiro atoms. The molecule has 0 atom stereocenters. The van der Waals surface area contributed by atoms with Gasteiger partial charge in [-0.25, -0.2) is 4.79 Å². The van der Waals surface area contributed by atoms with E-state index in [9.17, 15) is 4.79 Å². The van der Waals surface area contributed by atoms with Crippen LogP contribution in [0.2, 0.25) is 0 Å². The van der Waals surface area contributed by atoms with Crippen LogP contribution in [0.1, 0.15) is 40.9 Å². The maximum absolute atomic E-state index is 11.0. The second-order valence-electron chi connectivity index (χ2n) is 4.51. The Balaban J connectivity index is 3.43. The van der Waals surface area contributed by atoms with E-state index in [2.05, 4.69) is 0 Å². The van der Waals surface area contributed by atoms with Crippen molar-refractivity contribution >= 4 is 5.97 Å². The molecule has 82 valence electrons. The number of carboxylic acid groups (broad SMARTS) is 1. The third kappa shape index (κ3) is 2.36. The molecule has 3 nitrogen and oxygen atoms in total. The van der Waals surface area contributed by atoms with Gasteiger partial charge in [-0.3, -0.25) is 0 Å². The molecule has 1 aromatic rings. The Kier molecular flexibility index (Phi) is 2.86. The summed E-state index contributed by atoms with van der Waals surface area (Å²) >= 11 is 0. The molecular formula is C12H17NO2. The van der Waals surface area contributed by atoms with Crippen molar-refractivity contribution in [1.82, 2.24) is 0 Å². The highest BCUT2D eigenvalue weighted by Crippen LogP contribution is 2.24. The summed E-state index contributed by atoms with van der Waals surface area (Å²) in [6, 6.07) is 3.54. The van der Waals surface area contributed by atoms with Gasteiger partial charge in [-0.15, -0.1) is 0 Å². The lowest BCUT2D eigenvalue weighted by Gasteiger charge is -2.22. The van der Waals surface area contributed by atoms with Crippen molar-refractivity contribution in [2.75, 3.05) is 0 Å². The molecular weight excluding hydrogens is 190 g/mol. The third-order valence-electron chi connectivity index (χ3n) is 2.50. The Morgan fingerprint density at radius 2 is 1.80 bits per heavy atom. The molecule has 1 aromatic carbocycles. The maximum Gasteiger partial charge on any atom is 0.335 e. The molecule has 3 N–H and O–H groups in total. The minimum atomic E-state index is -0.905. The molecule has 0 bridgehead atoms. The molecule has 0 aromatic heterocycles. The van der Waals surface area contributed by atoms with Gasteiger partial charge in [-0.2, -0.15) is 0 Å². The molecule has 0 saturated heterocycles. The Labute approximate surface area is 89.9 Å². The fourth-order valence-electron chi connectivity index (χ4n) is 1.78. The van der Waals surface area contributed by atoms with E-state index in [1.54, 1.807) is 13.0 Å². The van der Waals surface area contributed by atoms with Crippen molar-refractivity contribution in [3.63, 3.8) is 0 Å². The van der Waals surface area contributed by atoms with Gasteiger partial charge in [0.1, 0.15) is 0 Å². The van der Waals surface area contributed by atoms with E-state index in [0.717, 1.165) is 16.7 Å². The Bertz CT molecular complexity index is 403. The maximum atomic E-state index is 11.0. The second kappa shape index (κ2) is 3.66. The van der Waals surface area contributed by atoms with E-state index in [4.69, 9.17) is 10.8 Å². The van der Waals surface area contributed by atoms with Crippen LogP contribution in [0.4, 0.5) is 0 Å². The number of rotatable bonds is 2. The zero-order chi connectivity index (χ0) is 11.8. The molecule has 0 amide bonds. The summed E-state index contributed by atoms with van der Waals surface area (Å²) < 4.78 is 0. The number of nitrogens with two attached hydrogens (primary N) is 1. The van der Waals surface area contributed by atoms with Gasteiger partial charge in [0.2, 0.25) is 0 Å². The highest BCUT2D eigenvalue weighted by molar-refractivity contribution is 5.89. The first-order chi connectivity index (χ1) is 6.73. The van der Waals surface area contributed by atoms with Crippen LogP contribution in [0.15, 0.2) is 12.1 Å². The minimum absolute atomic E-state index is 0.328. The normalized spacial score (nSPS) is 11.5. The molecule has 15 heavy (non-hydrogen) atoms. The molecule has 0 heterocycles. The second-order valence-corrected chi connectivity index (χ2v) is 4.51. The Hall–Kier alpha value is -1.35. The van der Waals surface area contributed by atoms with Crippen molar-refractivity contribution in [1.29, 1.82) is 0 Å². The summed E-state index contributed by atoms with van der Waals surface area (Å²) in [6.07, 6.45) is 0. The molecule has 3 heteroatoms. The van der Waals surface area contributed by atoms with Crippen molar-refractivity contribution in [2.24, 2.45) is 5.73 Å². The first kappa shape index (κ1) is 11.7. The zero-order valence-corrected chi connectivity index (χ0v) is 9.59. The van der Waals surface area contributed by atoms with Crippen LogP contribution < -0.4 is 5.73 Å².